The van der Waals surface area contributed by atoms with Gasteiger partial charge >= 0.3 is 12.1 Å². The van der Waals surface area contributed by atoms with E-state index in [1.165, 1.54) is 0 Å². The Kier molecular flexibility index (Phi) is 7.99. The monoisotopic (exact) mass is 308 g/mol. The second kappa shape index (κ2) is 9.78. The van der Waals surface area contributed by atoms with Crippen molar-refractivity contribution in [2.24, 2.45) is 5.92 Å². The average Bonchev–Trinajstić information content (AvgIpc) is 2.48. The van der Waals surface area contributed by atoms with E-state index in [1.807, 2.05) is 30.3 Å². The van der Waals surface area contributed by atoms with Crippen LogP contribution in [0.2, 0.25) is 0 Å². The first kappa shape index (κ1) is 18.0. The maximum absolute atomic E-state index is 11.6. The van der Waals surface area contributed by atoms with Crippen molar-refractivity contribution in [1.82, 2.24) is 10.6 Å². The highest BCUT2D eigenvalue weighted by Gasteiger charge is 2.20. The number of ether oxygens (including phenoxy) is 1. The molecule has 0 aliphatic carbocycles. The van der Waals surface area contributed by atoms with Gasteiger partial charge in [-0.1, -0.05) is 44.2 Å². The van der Waals surface area contributed by atoms with Crippen LogP contribution in [0.15, 0.2) is 30.3 Å². The Morgan fingerprint density at radius 1 is 1.23 bits per heavy atom. The van der Waals surface area contributed by atoms with E-state index < -0.39 is 18.1 Å². The molecule has 1 unspecified atom stereocenters. The molecule has 0 spiro atoms. The number of carboxylic acids is 1. The number of nitrogens with one attached hydrogen (secondary N) is 2. The zero-order valence-corrected chi connectivity index (χ0v) is 13.0. The minimum absolute atomic E-state index is 0.111. The molecule has 0 saturated heterocycles. The molecule has 0 heterocycles. The fourth-order valence-electron chi connectivity index (χ4n) is 1.74. The molecule has 1 atom stereocenters. The van der Waals surface area contributed by atoms with Gasteiger partial charge in [0.25, 0.3) is 0 Å². The van der Waals surface area contributed by atoms with Crippen molar-refractivity contribution >= 4 is 12.1 Å². The molecule has 22 heavy (non-hydrogen) atoms. The van der Waals surface area contributed by atoms with Crippen LogP contribution in [0.3, 0.4) is 0 Å². The highest BCUT2D eigenvalue weighted by molar-refractivity contribution is 5.80. The highest BCUT2D eigenvalue weighted by Crippen LogP contribution is 2.01. The van der Waals surface area contributed by atoms with E-state index in [0.29, 0.717) is 12.5 Å². The number of benzene rings is 1. The molecular weight excluding hydrogens is 284 g/mol. The van der Waals surface area contributed by atoms with Crippen LogP contribution >= 0.6 is 0 Å². The maximum atomic E-state index is 11.6. The van der Waals surface area contributed by atoms with Gasteiger partial charge in [-0.3, -0.25) is 0 Å². The Morgan fingerprint density at radius 3 is 2.50 bits per heavy atom. The standard InChI is InChI=1S/C16H24N2O4/c1-12(2)8-9-17-10-14(15(19)20)18-16(21)22-11-13-6-4-3-5-7-13/h3-7,12,14,17H,8-11H2,1-2H3,(H,18,21)(H,19,20). The molecule has 0 aromatic heterocycles. The lowest BCUT2D eigenvalue weighted by Crippen LogP contribution is -2.47. The summed E-state index contributed by atoms with van der Waals surface area (Å²) in [5.74, 6) is -0.548. The number of alkyl carbamates (subject to hydrolysis) is 1. The molecule has 1 aromatic rings. The smallest absolute Gasteiger partial charge is 0.408 e. The van der Waals surface area contributed by atoms with Crippen LogP contribution in [0, 0.1) is 5.92 Å². The van der Waals surface area contributed by atoms with Crippen LogP contribution in [-0.4, -0.2) is 36.3 Å². The number of carbonyl (C=O) groups is 2. The van der Waals surface area contributed by atoms with Crippen LogP contribution in [-0.2, 0) is 16.1 Å². The van der Waals surface area contributed by atoms with Gasteiger partial charge in [-0.2, -0.15) is 0 Å². The third-order valence-electron chi connectivity index (χ3n) is 3.05. The normalized spacial score (nSPS) is 12.0. The quantitative estimate of drug-likeness (QED) is 0.607. The lowest BCUT2D eigenvalue weighted by molar-refractivity contribution is -0.139. The van der Waals surface area contributed by atoms with E-state index in [-0.39, 0.29) is 13.2 Å². The molecule has 6 heteroatoms. The molecule has 3 N–H and O–H groups in total. The van der Waals surface area contributed by atoms with E-state index in [0.717, 1.165) is 12.0 Å². The van der Waals surface area contributed by atoms with Gasteiger partial charge in [0.05, 0.1) is 0 Å². The zero-order chi connectivity index (χ0) is 16.4. The number of hydrogen-bond acceptors (Lipinski definition) is 4. The molecule has 1 rings (SSSR count). The number of rotatable bonds is 9. The Labute approximate surface area is 130 Å². The van der Waals surface area contributed by atoms with Gasteiger partial charge < -0.3 is 20.5 Å². The predicted molar refractivity (Wildman–Crippen MR) is 83.5 cm³/mol. The van der Waals surface area contributed by atoms with Crippen molar-refractivity contribution in [1.29, 1.82) is 0 Å². The number of carboxylic acid groups (broad SMARTS) is 1. The van der Waals surface area contributed by atoms with Crippen LogP contribution in [0.5, 0.6) is 0 Å². The van der Waals surface area contributed by atoms with Crippen molar-refractivity contribution in [3.8, 4) is 0 Å². The molecule has 0 aliphatic rings. The van der Waals surface area contributed by atoms with Crippen molar-refractivity contribution in [2.75, 3.05) is 13.1 Å². The van der Waals surface area contributed by atoms with Gasteiger partial charge in [0, 0.05) is 6.54 Å². The number of amides is 1. The molecule has 122 valence electrons. The Balaban J connectivity index is 2.32. The third-order valence-corrected chi connectivity index (χ3v) is 3.05. The largest absolute Gasteiger partial charge is 0.480 e. The van der Waals surface area contributed by atoms with Crippen molar-refractivity contribution in [3.05, 3.63) is 35.9 Å². The topological polar surface area (TPSA) is 87.7 Å². The number of carbonyl (C=O) groups excluding carboxylic acids is 1. The summed E-state index contributed by atoms with van der Waals surface area (Å²) in [6, 6.07) is 8.21. The molecule has 0 radical (unpaired) electrons. The van der Waals surface area contributed by atoms with Gasteiger partial charge in [-0.25, -0.2) is 9.59 Å². The number of aliphatic carboxylic acids is 1. The van der Waals surface area contributed by atoms with Crippen molar-refractivity contribution in [2.45, 2.75) is 32.9 Å². The Bertz CT molecular complexity index is 462. The Morgan fingerprint density at radius 2 is 1.91 bits per heavy atom. The summed E-state index contributed by atoms with van der Waals surface area (Å²) >= 11 is 0. The fourth-order valence-corrected chi connectivity index (χ4v) is 1.74. The lowest BCUT2D eigenvalue weighted by Gasteiger charge is -2.15. The minimum Gasteiger partial charge on any atom is -0.480 e. The van der Waals surface area contributed by atoms with Gasteiger partial charge in [0.1, 0.15) is 12.6 Å². The zero-order valence-electron chi connectivity index (χ0n) is 13.0. The predicted octanol–water partition coefficient (Wildman–Crippen LogP) is 2.00. The minimum atomic E-state index is -1.09. The summed E-state index contributed by atoms with van der Waals surface area (Å²) in [4.78, 5) is 22.8. The van der Waals surface area contributed by atoms with E-state index in [1.54, 1.807) is 0 Å². The van der Waals surface area contributed by atoms with Gasteiger partial charge in [0.2, 0.25) is 0 Å². The summed E-state index contributed by atoms with van der Waals surface area (Å²) in [5, 5.41) is 14.5. The average molecular weight is 308 g/mol. The second-order valence-electron chi connectivity index (χ2n) is 5.48. The molecule has 0 fully saturated rings. The maximum Gasteiger partial charge on any atom is 0.408 e. The summed E-state index contributed by atoms with van der Waals surface area (Å²) in [6.45, 7) is 5.18. The van der Waals surface area contributed by atoms with Crippen LogP contribution in [0.25, 0.3) is 0 Å². The third kappa shape index (κ3) is 7.64. The lowest BCUT2D eigenvalue weighted by atomic mass is 10.1. The van der Waals surface area contributed by atoms with E-state index in [2.05, 4.69) is 24.5 Å². The summed E-state index contributed by atoms with van der Waals surface area (Å²) < 4.78 is 5.01. The van der Waals surface area contributed by atoms with Crippen molar-refractivity contribution in [3.63, 3.8) is 0 Å². The summed E-state index contributed by atoms with van der Waals surface area (Å²) in [7, 11) is 0. The van der Waals surface area contributed by atoms with Gasteiger partial charge in [-0.15, -0.1) is 0 Å². The first-order chi connectivity index (χ1) is 10.5. The molecule has 1 amide bonds. The first-order valence-corrected chi connectivity index (χ1v) is 7.39. The molecule has 0 aliphatic heterocycles. The van der Waals surface area contributed by atoms with E-state index in [4.69, 9.17) is 9.84 Å². The van der Waals surface area contributed by atoms with E-state index >= 15 is 0 Å². The molecule has 1 aromatic carbocycles. The summed E-state index contributed by atoms with van der Waals surface area (Å²) in [6.07, 6.45) is 0.215. The first-order valence-electron chi connectivity index (χ1n) is 7.39. The van der Waals surface area contributed by atoms with Gasteiger partial charge in [0.15, 0.2) is 0 Å². The van der Waals surface area contributed by atoms with E-state index in [9.17, 15) is 9.59 Å². The van der Waals surface area contributed by atoms with Crippen LogP contribution in [0.1, 0.15) is 25.8 Å². The van der Waals surface area contributed by atoms with Crippen LogP contribution in [0.4, 0.5) is 4.79 Å². The van der Waals surface area contributed by atoms with Crippen molar-refractivity contribution < 1.29 is 19.4 Å². The highest BCUT2D eigenvalue weighted by atomic mass is 16.5. The molecule has 6 nitrogen and oxygen atoms in total. The van der Waals surface area contributed by atoms with Gasteiger partial charge in [-0.05, 0) is 24.4 Å². The summed E-state index contributed by atoms with van der Waals surface area (Å²) in [5.41, 5.74) is 0.847. The molecular formula is C16H24N2O4. The number of hydrogen-bond donors (Lipinski definition) is 3. The Hall–Kier alpha value is -2.08. The molecule has 0 saturated carbocycles. The van der Waals surface area contributed by atoms with Crippen LogP contribution < -0.4 is 10.6 Å². The fraction of sp³-hybridized carbons (Fsp3) is 0.500. The SMILES string of the molecule is CC(C)CCNCC(NC(=O)OCc1ccccc1)C(=O)O. The molecule has 0 bridgehead atoms. The second-order valence-corrected chi connectivity index (χ2v) is 5.48.